The van der Waals surface area contributed by atoms with Gasteiger partial charge in [0, 0.05) is 19.3 Å². The van der Waals surface area contributed by atoms with E-state index in [0.29, 0.717) is 19.3 Å². The van der Waals surface area contributed by atoms with E-state index in [0.717, 1.165) is 69.6 Å². The number of carbonyl (C=O) groups excluding carboxylic acids is 3. The third-order valence-corrected chi connectivity index (χ3v) is 12.2. The topological polar surface area (TPSA) is 78.9 Å². The maximum Gasteiger partial charge on any atom is 0.306 e. The maximum atomic E-state index is 12.8. The highest BCUT2D eigenvalue weighted by Crippen LogP contribution is 2.18. The summed E-state index contributed by atoms with van der Waals surface area (Å²) in [6, 6.07) is 0. The Kier molecular flexibility index (Phi) is 45.7. The largest absolute Gasteiger partial charge is 0.462 e. The molecular weight excluding hydrogens is 745 g/mol. The van der Waals surface area contributed by atoms with Crippen LogP contribution in [0.25, 0.3) is 0 Å². The lowest BCUT2D eigenvalue weighted by Gasteiger charge is -2.18. The van der Waals surface area contributed by atoms with Crippen molar-refractivity contribution in [3.63, 3.8) is 0 Å². The first kappa shape index (κ1) is 58.4. The highest BCUT2D eigenvalue weighted by molar-refractivity contribution is 5.71. The Morgan fingerprint density at radius 1 is 0.317 bits per heavy atom. The molecule has 356 valence electrons. The molecule has 0 aromatic rings. The lowest BCUT2D eigenvalue weighted by Crippen LogP contribution is -2.30. The highest BCUT2D eigenvalue weighted by atomic mass is 16.6. The number of rotatable bonds is 48. The zero-order valence-electron chi connectivity index (χ0n) is 41.1. The normalized spacial score (nSPS) is 12.1. The molecule has 0 saturated carbocycles. The minimum absolute atomic E-state index is 0.0643. The standard InChI is InChI=1S/C54H104O6/c1-6-7-8-9-10-11-12-13-14-15-16-19-23-26-29-36-41-46-54(57)60-51(48-59-53(56)45-40-35-31-30-33-38-43-50(4)5)47-58-52(55)44-39-34-28-25-22-20-17-18-21-24-27-32-37-42-49(2)3/h49-51H,6-48H2,1-5H3/t51-/m1/s1. The Bertz CT molecular complexity index is 916. The summed E-state index contributed by atoms with van der Waals surface area (Å²) in [5, 5.41) is 0. The Balaban J connectivity index is 4.25. The lowest BCUT2D eigenvalue weighted by molar-refractivity contribution is -0.167. The second-order valence-electron chi connectivity index (χ2n) is 19.5. The molecule has 0 rings (SSSR count). The van der Waals surface area contributed by atoms with Gasteiger partial charge < -0.3 is 14.2 Å². The molecule has 0 aliphatic rings. The van der Waals surface area contributed by atoms with Gasteiger partial charge in [-0.2, -0.15) is 0 Å². The van der Waals surface area contributed by atoms with Gasteiger partial charge in [0.05, 0.1) is 0 Å². The number of ether oxygens (including phenoxy) is 3. The third kappa shape index (κ3) is 47.5. The van der Waals surface area contributed by atoms with E-state index < -0.39 is 6.10 Å². The highest BCUT2D eigenvalue weighted by Gasteiger charge is 2.19. The van der Waals surface area contributed by atoms with Gasteiger partial charge in [-0.05, 0) is 31.1 Å². The number of hydrogen-bond acceptors (Lipinski definition) is 6. The Hall–Kier alpha value is -1.59. The van der Waals surface area contributed by atoms with Crippen LogP contribution in [0.4, 0.5) is 0 Å². The van der Waals surface area contributed by atoms with Gasteiger partial charge in [-0.1, -0.05) is 259 Å². The fourth-order valence-electron chi connectivity index (χ4n) is 8.17. The fourth-order valence-corrected chi connectivity index (χ4v) is 8.17. The number of unbranched alkanes of at least 4 members (excludes halogenated alkanes) is 33. The van der Waals surface area contributed by atoms with Crippen molar-refractivity contribution in [2.75, 3.05) is 13.2 Å². The van der Waals surface area contributed by atoms with Crippen LogP contribution < -0.4 is 0 Å². The minimum atomic E-state index is -0.762. The molecule has 6 heteroatoms. The second kappa shape index (κ2) is 46.9. The number of esters is 3. The summed E-state index contributed by atoms with van der Waals surface area (Å²) in [6.45, 7) is 11.3. The molecule has 0 radical (unpaired) electrons. The van der Waals surface area contributed by atoms with E-state index >= 15 is 0 Å². The summed E-state index contributed by atoms with van der Waals surface area (Å²) in [7, 11) is 0. The van der Waals surface area contributed by atoms with Crippen LogP contribution in [0.2, 0.25) is 0 Å². The molecule has 0 spiro atoms. The molecule has 0 aliphatic carbocycles. The summed E-state index contributed by atoms with van der Waals surface area (Å²) < 4.78 is 16.8. The molecule has 0 fully saturated rings. The van der Waals surface area contributed by atoms with E-state index in [-0.39, 0.29) is 31.1 Å². The quantitative estimate of drug-likeness (QED) is 0.0345. The number of hydrogen-bond donors (Lipinski definition) is 0. The first-order chi connectivity index (χ1) is 29.2. The molecule has 0 saturated heterocycles. The predicted molar refractivity (Wildman–Crippen MR) is 256 cm³/mol. The van der Waals surface area contributed by atoms with Gasteiger partial charge in [0.25, 0.3) is 0 Å². The molecular formula is C54H104O6. The average Bonchev–Trinajstić information content (AvgIpc) is 3.22. The zero-order chi connectivity index (χ0) is 44.0. The van der Waals surface area contributed by atoms with E-state index in [1.54, 1.807) is 0 Å². The molecule has 0 amide bonds. The van der Waals surface area contributed by atoms with Crippen molar-refractivity contribution >= 4 is 17.9 Å². The molecule has 0 bridgehead atoms. The first-order valence-electron chi connectivity index (χ1n) is 26.7. The van der Waals surface area contributed by atoms with Crippen molar-refractivity contribution in [3.05, 3.63) is 0 Å². The van der Waals surface area contributed by atoms with Crippen molar-refractivity contribution in [3.8, 4) is 0 Å². The van der Waals surface area contributed by atoms with Crippen molar-refractivity contribution in [2.24, 2.45) is 11.8 Å². The van der Waals surface area contributed by atoms with Gasteiger partial charge in [-0.3, -0.25) is 14.4 Å². The van der Waals surface area contributed by atoms with Gasteiger partial charge in [0.1, 0.15) is 13.2 Å². The van der Waals surface area contributed by atoms with Crippen LogP contribution in [0.15, 0.2) is 0 Å². The van der Waals surface area contributed by atoms with Crippen molar-refractivity contribution in [1.82, 2.24) is 0 Å². The molecule has 1 atom stereocenters. The van der Waals surface area contributed by atoms with Crippen LogP contribution in [0.3, 0.4) is 0 Å². The summed E-state index contributed by atoms with van der Waals surface area (Å²) in [6.07, 6.45) is 48.2. The number of carbonyl (C=O) groups is 3. The molecule has 0 aromatic heterocycles. The fraction of sp³-hybridized carbons (Fsp3) is 0.944. The third-order valence-electron chi connectivity index (χ3n) is 12.2. The lowest BCUT2D eigenvalue weighted by atomic mass is 10.0. The van der Waals surface area contributed by atoms with E-state index in [1.165, 1.54) is 186 Å². The molecule has 0 unspecified atom stereocenters. The van der Waals surface area contributed by atoms with Gasteiger partial charge in [0.2, 0.25) is 0 Å². The van der Waals surface area contributed by atoms with Crippen LogP contribution >= 0.6 is 0 Å². The Labute approximate surface area is 374 Å². The minimum Gasteiger partial charge on any atom is -0.462 e. The predicted octanol–water partition coefficient (Wildman–Crippen LogP) is 17.3. The van der Waals surface area contributed by atoms with Crippen molar-refractivity contribution in [2.45, 2.75) is 304 Å². The molecule has 6 nitrogen and oxygen atoms in total. The van der Waals surface area contributed by atoms with Gasteiger partial charge in [0.15, 0.2) is 6.10 Å². The average molecular weight is 849 g/mol. The first-order valence-corrected chi connectivity index (χ1v) is 26.7. The SMILES string of the molecule is CCCCCCCCCCCCCCCCCCCC(=O)O[C@H](COC(=O)CCCCCCCCCCCCCCCC(C)C)COC(=O)CCCCCCCCC(C)C. The smallest absolute Gasteiger partial charge is 0.306 e. The summed E-state index contributed by atoms with van der Waals surface area (Å²) in [4.78, 5) is 37.9. The maximum absolute atomic E-state index is 12.8. The van der Waals surface area contributed by atoms with Gasteiger partial charge in [-0.25, -0.2) is 0 Å². The zero-order valence-corrected chi connectivity index (χ0v) is 41.1. The van der Waals surface area contributed by atoms with Gasteiger partial charge in [-0.15, -0.1) is 0 Å². The molecule has 0 aromatic carbocycles. The van der Waals surface area contributed by atoms with Gasteiger partial charge >= 0.3 is 17.9 Å². The van der Waals surface area contributed by atoms with E-state index in [1.807, 2.05) is 0 Å². The van der Waals surface area contributed by atoms with E-state index in [4.69, 9.17) is 14.2 Å². The van der Waals surface area contributed by atoms with Crippen molar-refractivity contribution in [1.29, 1.82) is 0 Å². The molecule has 0 aliphatic heterocycles. The molecule has 0 heterocycles. The van der Waals surface area contributed by atoms with E-state index in [2.05, 4.69) is 34.6 Å². The van der Waals surface area contributed by atoms with Crippen LogP contribution in [0.5, 0.6) is 0 Å². The summed E-state index contributed by atoms with van der Waals surface area (Å²) in [5.74, 6) is 0.752. The van der Waals surface area contributed by atoms with Crippen molar-refractivity contribution < 1.29 is 28.6 Å². The van der Waals surface area contributed by atoms with Crippen LogP contribution in [0.1, 0.15) is 298 Å². The summed E-state index contributed by atoms with van der Waals surface area (Å²) >= 11 is 0. The van der Waals surface area contributed by atoms with Crippen LogP contribution in [0, 0.1) is 11.8 Å². The molecule has 60 heavy (non-hydrogen) atoms. The van der Waals surface area contributed by atoms with E-state index in [9.17, 15) is 14.4 Å². The Morgan fingerprint density at radius 2 is 0.550 bits per heavy atom. The molecule has 0 N–H and O–H groups in total. The Morgan fingerprint density at radius 3 is 0.817 bits per heavy atom. The monoisotopic (exact) mass is 849 g/mol. The van der Waals surface area contributed by atoms with Crippen LogP contribution in [-0.2, 0) is 28.6 Å². The summed E-state index contributed by atoms with van der Waals surface area (Å²) in [5.41, 5.74) is 0. The second-order valence-corrected chi connectivity index (χ2v) is 19.5. The van der Waals surface area contributed by atoms with Crippen LogP contribution in [-0.4, -0.2) is 37.2 Å².